The molecule has 0 radical (unpaired) electrons. The van der Waals surface area contributed by atoms with Crippen LogP contribution in [0.25, 0.3) is 0 Å². The van der Waals surface area contributed by atoms with Gasteiger partial charge < -0.3 is 4.90 Å². The molecular formula is C11H14BrFN2O2. The molecule has 1 aliphatic rings. The van der Waals surface area contributed by atoms with E-state index >= 15 is 0 Å². The summed E-state index contributed by atoms with van der Waals surface area (Å²) in [6, 6.07) is 4.67. The second-order valence-corrected chi connectivity index (χ2v) is 4.31. The predicted octanol–water partition coefficient (Wildman–Crippen LogP) is 3.54. The van der Waals surface area contributed by atoms with Crippen molar-refractivity contribution in [2.24, 2.45) is 0 Å². The van der Waals surface area contributed by atoms with Gasteiger partial charge in [0, 0.05) is 10.5 Å². The minimum Gasteiger partial charge on any atom is -0.360 e. The fourth-order valence-electron chi connectivity index (χ4n) is 1.53. The highest BCUT2D eigenvalue weighted by atomic mass is 79.9. The molecule has 0 aliphatic carbocycles. The zero-order chi connectivity index (χ0) is 13.0. The standard InChI is InChI=1S/C9H8BrFN2O2.C2H6/c10-6-1-2-8(13(14)15)9(3-6)12-4-7(11)5-12;1-2/h1-3,7H,4-5H2;1-2H3. The minimum absolute atomic E-state index is 0.0186. The molecule has 0 amide bonds. The number of nitro benzene ring substituents is 1. The summed E-state index contributed by atoms with van der Waals surface area (Å²) in [6.07, 6.45) is -0.872. The van der Waals surface area contributed by atoms with Crippen LogP contribution in [0.1, 0.15) is 13.8 Å². The molecule has 0 atom stereocenters. The maximum absolute atomic E-state index is 12.7. The van der Waals surface area contributed by atoms with Gasteiger partial charge in [0.15, 0.2) is 0 Å². The van der Waals surface area contributed by atoms with Gasteiger partial charge in [0.05, 0.1) is 18.0 Å². The molecule has 6 heteroatoms. The van der Waals surface area contributed by atoms with Crippen LogP contribution < -0.4 is 4.90 Å². The van der Waals surface area contributed by atoms with Crippen LogP contribution in [0.15, 0.2) is 22.7 Å². The second kappa shape index (κ2) is 5.95. The van der Waals surface area contributed by atoms with Crippen molar-refractivity contribution >= 4 is 27.3 Å². The molecule has 2 rings (SSSR count). The zero-order valence-electron chi connectivity index (χ0n) is 9.69. The third-order valence-corrected chi connectivity index (χ3v) is 2.81. The Morgan fingerprint density at radius 1 is 1.47 bits per heavy atom. The molecule has 1 aromatic carbocycles. The first-order valence-corrected chi connectivity index (χ1v) is 6.20. The number of halogens is 2. The maximum Gasteiger partial charge on any atom is 0.292 e. The van der Waals surface area contributed by atoms with E-state index in [4.69, 9.17) is 0 Å². The fraction of sp³-hybridized carbons (Fsp3) is 0.455. The molecule has 0 unspecified atom stereocenters. The molecule has 1 aromatic rings. The molecule has 0 spiro atoms. The van der Waals surface area contributed by atoms with Gasteiger partial charge >= 0.3 is 0 Å². The van der Waals surface area contributed by atoms with Gasteiger partial charge in [-0.2, -0.15) is 0 Å². The maximum atomic E-state index is 12.7. The third-order valence-electron chi connectivity index (χ3n) is 2.31. The molecule has 1 fully saturated rings. The first kappa shape index (κ1) is 13.9. The van der Waals surface area contributed by atoms with Gasteiger partial charge in [0.25, 0.3) is 5.69 Å². The number of nitrogens with zero attached hydrogens (tertiary/aromatic N) is 2. The van der Waals surface area contributed by atoms with Crippen LogP contribution in [0.4, 0.5) is 15.8 Å². The Balaban J connectivity index is 0.000000686. The Morgan fingerprint density at radius 3 is 2.53 bits per heavy atom. The van der Waals surface area contributed by atoms with Gasteiger partial charge in [0.1, 0.15) is 11.9 Å². The highest BCUT2D eigenvalue weighted by molar-refractivity contribution is 9.10. The predicted molar refractivity (Wildman–Crippen MR) is 69.3 cm³/mol. The fourth-order valence-corrected chi connectivity index (χ4v) is 1.87. The van der Waals surface area contributed by atoms with Crippen LogP contribution >= 0.6 is 15.9 Å². The molecule has 1 aliphatic heterocycles. The summed E-state index contributed by atoms with van der Waals surface area (Å²) < 4.78 is 13.4. The van der Waals surface area contributed by atoms with Crippen LogP contribution in [0.2, 0.25) is 0 Å². The van der Waals surface area contributed by atoms with E-state index in [0.717, 1.165) is 4.47 Å². The van der Waals surface area contributed by atoms with E-state index in [1.54, 1.807) is 17.0 Å². The van der Waals surface area contributed by atoms with Crippen molar-refractivity contribution in [3.63, 3.8) is 0 Å². The summed E-state index contributed by atoms with van der Waals surface area (Å²) in [7, 11) is 0. The van der Waals surface area contributed by atoms with Crippen molar-refractivity contribution in [2.75, 3.05) is 18.0 Å². The number of anilines is 1. The Hall–Kier alpha value is -1.17. The molecule has 1 saturated heterocycles. The average molecular weight is 305 g/mol. The van der Waals surface area contributed by atoms with Crippen molar-refractivity contribution in [2.45, 2.75) is 20.0 Å². The van der Waals surface area contributed by atoms with Crippen LogP contribution in [0.5, 0.6) is 0 Å². The van der Waals surface area contributed by atoms with Crippen molar-refractivity contribution in [1.82, 2.24) is 0 Å². The summed E-state index contributed by atoms with van der Waals surface area (Å²) in [5, 5.41) is 10.7. The van der Waals surface area contributed by atoms with Crippen LogP contribution in [0, 0.1) is 10.1 Å². The van der Waals surface area contributed by atoms with Gasteiger partial charge in [-0.3, -0.25) is 10.1 Å². The molecule has 0 saturated carbocycles. The number of nitro groups is 1. The Labute approximate surface area is 108 Å². The summed E-state index contributed by atoms with van der Waals surface area (Å²) in [5.74, 6) is 0. The first-order chi connectivity index (χ1) is 8.08. The lowest BCUT2D eigenvalue weighted by atomic mass is 10.1. The molecule has 0 aromatic heterocycles. The summed E-state index contributed by atoms with van der Waals surface area (Å²) in [4.78, 5) is 11.9. The molecular weight excluding hydrogens is 291 g/mol. The number of alkyl halides is 1. The average Bonchev–Trinajstić information content (AvgIpc) is 2.27. The number of hydrogen-bond acceptors (Lipinski definition) is 3. The van der Waals surface area contributed by atoms with Gasteiger partial charge in [-0.1, -0.05) is 29.8 Å². The number of rotatable bonds is 2. The van der Waals surface area contributed by atoms with Gasteiger partial charge in [-0.15, -0.1) is 0 Å². The summed E-state index contributed by atoms with van der Waals surface area (Å²) >= 11 is 3.24. The SMILES string of the molecule is CC.O=[N+]([O-])c1ccc(Br)cc1N1CC(F)C1. The number of hydrogen-bond donors (Lipinski definition) is 0. The highest BCUT2D eigenvalue weighted by Crippen LogP contribution is 2.34. The van der Waals surface area contributed by atoms with E-state index in [0.29, 0.717) is 5.69 Å². The van der Waals surface area contributed by atoms with Crippen LogP contribution in [0.3, 0.4) is 0 Å². The second-order valence-electron chi connectivity index (χ2n) is 3.39. The van der Waals surface area contributed by atoms with Gasteiger partial charge in [0.2, 0.25) is 0 Å². The van der Waals surface area contributed by atoms with E-state index in [1.165, 1.54) is 6.07 Å². The molecule has 94 valence electrons. The van der Waals surface area contributed by atoms with Crippen LogP contribution in [-0.4, -0.2) is 24.2 Å². The molecule has 17 heavy (non-hydrogen) atoms. The zero-order valence-corrected chi connectivity index (χ0v) is 11.3. The van der Waals surface area contributed by atoms with Crippen molar-refractivity contribution in [3.05, 3.63) is 32.8 Å². The lowest BCUT2D eigenvalue weighted by molar-refractivity contribution is -0.384. The largest absolute Gasteiger partial charge is 0.360 e. The van der Waals surface area contributed by atoms with Gasteiger partial charge in [-0.25, -0.2) is 4.39 Å². The first-order valence-electron chi connectivity index (χ1n) is 5.41. The Kier molecular flexibility index (Phi) is 4.86. The number of benzene rings is 1. The van der Waals surface area contributed by atoms with Crippen molar-refractivity contribution in [1.29, 1.82) is 0 Å². The molecule has 1 heterocycles. The van der Waals surface area contributed by atoms with Gasteiger partial charge in [-0.05, 0) is 12.1 Å². The lowest BCUT2D eigenvalue weighted by Crippen LogP contribution is -2.48. The molecule has 0 N–H and O–H groups in total. The van der Waals surface area contributed by atoms with E-state index in [1.807, 2.05) is 13.8 Å². The Bertz CT molecular complexity index is 408. The van der Waals surface area contributed by atoms with E-state index in [-0.39, 0.29) is 18.8 Å². The summed E-state index contributed by atoms with van der Waals surface area (Å²) in [6.45, 7) is 4.47. The summed E-state index contributed by atoms with van der Waals surface area (Å²) in [5.41, 5.74) is 0.494. The Morgan fingerprint density at radius 2 is 2.06 bits per heavy atom. The van der Waals surface area contributed by atoms with E-state index in [2.05, 4.69) is 15.9 Å². The van der Waals surface area contributed by atoms with Crippen molar-refractivity contribution in [3.8, 4) is 0 Å². The normalized spacial score (nSPS) is 14.7. The minimum atomic E-state index is -0.872. The highest BCUT2D eigenvalue weighted by Gasteiger charge is 2.31. The lowest BCUT2D eigenvalue weighted by Gasteiger charge is -2.35. The third kappa shape index (κ3) is 3.15. The quantitative estimate of drug-likeness (QED) is 0.620. The molecule has 4 nitrogen and oxygen atoms in total. The monoisotopic (exact) mass is 304 g/mol. The molecule has 0 bridgehead atoms. The van der Waals surface area contributed by atoms with E-state index in [9.17, 15) is 14.5 Å². The van der Waals surface area contributed by atoms with Crippen LogP contribution in [-0.2, 0) is 0 Å². The van der Waals surface area contributed by atoms with E-state index < -0.39 is 11.1 Å². The topological polar surface area (TPSA) is 46.4 Å². The van der Waals surface area contributed by atoms with Crippen molar-refractivity contribution < 1.29 is 9.31 Å². The smallest absolute Gasteiger partial charge is 0.292 e.